The molecule has 0 spiro atoms. The fourth-order valence-corrected chi connectivity index (χ4v) is 2.80. The van der Waals surface area contributed by atoms with Crippen LogP contribution in [0.4, 0.5) is 0 Å². The summed E-state index contributed by atoms with van der Waals surface area (Å²) in [5, 5.41) is 8.88. The normalized spacial score (nSPS) is 15.6. The lowest BCUT2D eigenvalue weighted by atomic mass is 10.0. The van der Waals surface area contributed by atoms with Gasteiger partial charge in [-0.15, -0.1) is 0 Å². The minimum Gasteiger partial charge on any atom is -0.488 e. The van der Waals surface area contributed by atoms with E-state index in [4.69, 9.17) is 14.7 Å². The van der Waals surface area contributed by atoms with Crippen molar-refractivity contribution in [2.24, 2.45) is 0 Å². The van der Waals surface area contributed by atoms with Gasteiger partial charge in [0.2, 0.25) is 0 Å². The molecule has 1 aromatic rings. The van der Waals surface area contributed by atoms with E-state index >= 15 is 0 Å². The van der Waals surface area contributed by atoms with E-state index in [2.05, 4.69) is 6.07 Å². The molecule has 1 heterocycles. The van der Waals surface area contributed by atoms with Crippen LogP contribution < -0.4 is 4.74 Å². The van der Waals surface area contributed by atoms with Gasteiger partial charge < -0.3 is 14.4 Å². The lowest BCUT2D eigenvalue weighted by Crippen LogP contribution is -2.43. The predicted octanol–water partition coefficient (Wildman–Crippen LogP) is 3.40. The summed E-state index contributed by atoms with van der Waals surface area (Å²) in [6, 6.07) is 9.51. The number of nitrogens with zero attached hydrogens (tertiary/aromatic N) is 2. The summed E-state index contributed by atoms with van der Waals surface area (Å²) in [5.41, 5.74) is 0.354. The van der Waals surface area contributed by atoms with Gasteiger partial charge in [-0.3, -0.25) is 4.79 Å². The number of amides is 1. The summed E-state index contributed by atoms with van der Waals surface area (Å²) in [5.74, 6) is 0.716. The molecule has 5 heteroatoms. The zero-order chi connectivity index (χ0) is 17.6. The molecule has 1 amide bonds. The average Bonchev–Trinajstić information content (AvgIpc) is 2.55. The molecule has 1 aliphatic rings. The average molecular weight is 330 g/mol. The Morgan fingerprint density at radius 2 is 1.92 bits per heavy atom. The van der Waals surface area contributed by atoms with Crippen LogP contribution in [0.1, 0.15) is 50.4 Å². The van der Waals surface area contributed by atoms with E-state index in [1.807, 2.05) is 37.8 Å². The highest BCUT2D eigenvalue weighted by Crippen LogP contribution is 2.21. The van der Waals surface area contributed by atoms with Crippen molar-refractivity contribution < 1.29 is 14.3 Å². The predicted molar refractivity (Wildman–Crippen MR) is 91.9 cm³/mol. The van der Waals surface area contributed by atoms with Crippen LogP contribution in [0.15, 0.2) is 24.3 Å². The minimum atomic E-state index is -0.271. The molecular weight excluding hydrogens is 304 g/mol. The Hall–Kier alpha value is -2.06. The quantitative estimate of drug-likeness (QED) is 0.830. The van der Waals surface area contributed by atoms with E-state index in [0.717, 1.165) is 18.6 Å². The van der Waals surface area contributed by atoms with Crippen LogP contribution in [-0.2, 0) is 4.74 Å². The van der Waals surface area contributed by atoms with E-state index in [-0.39, 0.29) is 17.6 Å². The summed E-state index contributed by atoms with van der Waals surface area (Å²) >= 11 is 0. The van der Waals surface area contributed by atoms with Gasteiger partial charge in [0.1, 0.15) is 11.4 Å². The third kappa shape index (κ3) is 5.24. The highest BCUT2D eigenvalue weighted by atomic mass is 16.5. The van der Waals surface area contributed by atoms with Crippen molar-refractivity contribution in [2.45, 2.75) is 51.7 Å². The standard InChI is InChI=1S/C19H26N2O3/c1-19(2,3)24-17-7-5-15(6-8-17)18(22)21(12-4-11-20)16-9-13-23-14-10-16/h5-8,16H,4,9-10,12-14H2,1-3H3. The molecule has 24 heavy (non-hydrogen) atoms. The molecule has 0 aliphatic carbocycles. The van der Waals surface area contributed by atoms with Crippen molar-refractivity contribution in [3.05, 3.63) is 29.8 Å². The third-order valence-corrected chi connectivity index (χ3v) is 3.88. The van der Waals surface area contributed by atoms with E-state index < -0.39 is 0 Å². The first-order valence-electron chi connectivity index (χ1n) is 8.45. The largest absolute Gasteiger partial charge is 0.488 e. The Labute approximate surface area is 144 Å². The topological polar surface area (TPSA) is 62.6 Å². The maximum Gasteiger partial charge on any atom is 0.254 e. The van der Waals surface area contributed by atoms with Gasteiger partial charge in [0.15, 0.2) is 0 Å². The Kier molecular flexibility index (Phi) is 6.22. The van der Waals surface area contributed by atoms with Crippen molar-refractivity contribution in [3.8, 4) is 11.8 Å². The van der Waals surface area contributed by atoms with Crippen LogP contribution in [0.5, 0.6) is 5.75 Å². The maximum absolute atomic E-state index is 12.9. The number of ether oxygens (including phenoxy) is 2. The molecule has 0 radical (unpaired) electrons. The summed E-state index contributed by atoms with van der Waals surface area (Å²) in [6.07, 6.45) is 1.99. The van der Waals surface area contributed by atoms with Crippen molar-refractivity contribution in [1.82, 2.24) is 4.90 Å². The molecular formula is C19H26N2O3. The molecule has 1 fully saturated rings. The molecule has 5 nitrogen and oxygen atoms in total. The molecule has 1 saturated heterocycles. The van der Waals surface area contributed by atoms with Crippen LogP contribution in [0.25, 0.3) is 0 Å². The highest BCUT2D eigenvalue weighted by Gasteiger charge is 2.26. The summed E-state index contributed by atoms with van der Waals surface area (Å²) in [4.78, 5) is 14.7. The molecule has 0 aromatic heterocycles. The number of carbonyl (C=O) groups excluding carboxylic acids is 1. The lowest BCUT2D eigenvalue weighted by Gasteiger charge is -2.34. The lowest BCUT2D eigenvalue weighted by molar-refractivity contribution is 0.0296. The Balaban J connectivity index is 2.11. The summed E-state index contributed by atoms with van der Waals surface area (Å²) in [6.45, 7) is 7.75. The zero-order valence-corrected chi connectivity index (χ0v) is 14.7. The number of carbonyl (C=O) groups is 1. The van der Waals surface area contributed by atoms with Gasteiger partial charge in [-0.25, -0.2) is 0 Å². The van der Waals surface area contributed by atoms with Gasteiger partial charge in [0, 0.05) is 31.4 Å². The number of hydrogen-bond donors (Lipinski definition) is 0. The fourth-order valence-electron chi connectivity index (χ4n) is 2.80. The number of hydrogen-bond acceptors (Lipinski definition) is 4. The minimum absolute atomic E-state index is 0.0283. The number of nitriles is 1. The molecule has 0 atom stereocenters. The van der Waals surface area contributed by atoms with Gasteiger partial charge >= 0.3 is 0 Å². The third-order valence-electron chi connectivity index (χ3n) is 3.88. The Morgan fingerprint density at radius 1 is 1.29 bits per heavy atom. The van der Waals surface area contributed by atoms with E-state index in [1.54, 1.807) is 12.1 Å². The van der Waals surface area contributed by atoms with E-state index in [1.165, 1.54) is 0 Å². The first-order valence-corrected chi connectivity index (χ1v) is 8.45. The van der Waals surface area contributed by atoms with Crippen LogP contribution in [0.3, 0.4) is 0 Å². The van der Waals surface area contributed by atoms with Crippen LogP contribution >= 0.6 is 0 Å². The van der Waals surface area contributed by atoms with E-state index in [9.17, 15) is 4.79 Å². The molecule has 1 aromatic carbocycles. The van der Waals surface area contributed by atoms with Gasteiger partial charge in [0.05, 0.1) is 12.5 Å². The molecule has 0 unspecified atom stereocenters. The second-order valence-electron chi connectivity index (χ2n) is 6.99. The summed E-state index contributed by atoms with van der Waals surface area (Å²) < 4.78 is 11.2. The maximum atomic E-state index is 12.9. The molecule has 1 aliphatic heterocycles. The molecule has 0 saturated carbocycles. The number of rotatable bonds is 5. The first kappa shape index (κ1) is 18.3. The molecule has 0 bridgehead atoms. The van der Waals surface area contributed by atoms with Crippen LogP contribution in [0.2, 0.25) is 0 Å². The van der Waals surface area contributed by atoms with Crippen molar-refractivity contribution in [3.63, 3.8) is 0 Å². The van der Waals surface area contributed by atoms with E-state index in [0.29, 0.717) is 31.7 Å². The van der Waals surface area contributed by atoms with Crippen molar-refractivity contribution in [1.29, 1.82) is 5.26 Å². The van der Waals surface area contributed by atoms with Crippen molar-refractivity contribution in [2.75, 3.05) is 19.8 Å². The molecule has 0 N–H and O–H groups in total. The smallest absolute Gasteiger partial charge is 0.254 e. The Morgan fingerprint density at radius 3 is 2.46 bits per heavy atom. The molecule has 130 valence electrons. The van der Waals surface area contributed by atoms with Gasteiger partial charge in [-0.1, -0.05) is 0 Å². The molecule has 2 rings (SSSR count). The summed E-state index contributed by atoms with van der Waals surface area (Å²) in [7, 11) is 0. The van der Waals surface area contributed by atoms with Crippen LogP contribution in [0, 0.1) is 11.3 Å². The highest BCUT2D eigenvalue weighted by molar-refractivity contribution is 5.94. The van der Waals surface area contributed by atoms with Gasteiger partial charge in [0.25, 0.3) is 5.91 Å². The monoisotopic (exact) mass is 330 g/mol. The van der Waals surface area contributed by atoms with Gasteiger partial charge in [-0.2, -0.15) is 5.26 Å². The first-order chi connectivity index (χ1) is 11.4. The second kappa shape index (κ2) is 8.16. The van der Waals surface area contributed by atoms with Gasteiger partial charge in [-0.05, 0) is 57.9 Å². The zero-order valence-electron chi connectivity index (χ0n) is 14.7. The fraction of sp³-hybridized carbons (Fsp3) is 0.579. The number of benzene rings is 1. The van der Waals surface area contributed by atoms with Crippen LogP contribution in [-0.4, -0.2) is 42.2 Å². The second-order valence-corrected chi connectivity index (χ2v) is 6.99. The van der Waals surface area contributed by atoms with Crippen molar-refractivity contribution >= 4 is 5.91 Å². The Bertz CT molecular complexity index is 578. The SMILES string of the molecule is CC(C)(C)Oc1ccc(C(=O)N(CCC#N)C2CCOCC2)cc1.